The summed E-state index contributed by atoms with van der Waals surface area (Å²) in [4.78, 5) is 17.3. The van der Waals surface area contributed by atoms with Gasteiger partial charge in [0.25, 0.3) is 5.91 Å². The Morgan fingerprint density at radius 3 is 2.81 bits per heavy atom. The standard InChI is InChI=1S/C19H24N4O3/c1-10-16(18(23-22-10)11-3-4-11)19(25)21-17(12-5-14(24)6-12)13-7-15(26-2)9-20-8-13/h7-9,11-12,14,17,24H,3-6H2,1-2H3,(H,21,25)(H,22,23)/t12?,14?,17-/m1/s1. The molecule has 2 aliphatic rings. The molecular weight excluding hydrogens is 332 g/mol. The summed E-state index contributed by atoms with van der Waals surface area (Å²) in [6.45, 7) is 1.88. The quantitative estimate of drug-likeness (QED) is 0.737. The largest absolute Gasteiger partial charge is 0.495 e. The molecule has 0 saturated heterocycles. The van der Waals surface area contributed by atoms with Gasteiger partial charge in [-0.2, -0.15) is 5.10 Å². The van der Waals surface area contributed by atoms with Crippen LogP contribution in [0.2, 0.25) is 0 Å². The maximum Gasteiger partial charge on any atom is 0.255 e. The van der Waals surface area contributed by atoms with Gasteiger partial charge in [0.1, 0.15) is 5.75 Å². The van der Waals surface area contributed by atoms with Gasteiger partial charge in [-0.3, -0.25) is 14.9 Å². The highest BCUT2D eigenvalue weighted by Crippen LogP contribution is 2.42. The third-order valence-corrected chi connectivity index (χ3v) is 5.40. The van der Waals surface area contributed by atoms with E-state index >= 15 is 0 Å². The molecule has 2 aromatic heterocycles. The van der Waals surface area contributed by atoms with Crippen molar-refractivity contribution in [2.24, 2.45) is 5.92 Å². The molecule has 7 nitrogen and oxygen atoms in total. The van der Waals surface area contributed by atoms with Crippen LogP contribution in [0, 0.1) is 12.8 Å². The van der Waals surface area contributed by atoms with Gasteiger partial charge in [-0.15, -0.1) is 0 Å². The summed E-state index contributed by atoms with van der Waals surface area (Å²) in [6, 6.07) is 1.68. The molecule has 0 unspecified atom stereocenters. The van der Waals surface area contributed by atoms with Crippen LogP contribution in [0.25, 0.3) is 0 Å². The molecule has 4 rings (SSSR count). The van der Waals surface area contributed by atoms with Crippen molar-refractivity contribution in [1.29, 1.82) is 0 Å². The normalized spacial score (nSPS) is 23.2. The summed E-state index contributed by atoms with van der Waals surface area (Å²) >= 11 is 0. The van der Waals surface area contributed by atoms with Gasteiger partial charge in [-0.05, 0) is 50.2 Å². The van der Waals surface area contributed by atoms with Gasteiger partial charge < -0.3 is 15.2 Å². The molecule has 0 bridgehead atoms. The Balaban J connectivity index is 1.60. The van der Waals surface area contributed by atoms with Crippen molar-refractivity contribution in [3.63, 3.8) is 0 Å². The molecule has 0 spiro atoms. The average Bonchev–Trinajstić information content (AvgIpc) is 3.39. The second-order valence-corrected chi connectivity index (χ2v) is 7.38. The number of rotatable bonds is 6. The Hall–Kier alpha value is -2.41. The van der Waals surface area contributed by atoms with E-state index in [2.05, 4.69) is 20.5 Å². The van der Waals surface area contributed by atoms with Gasteiger partial charge in [0.2, 0.25) is 0 Å². The number of hydrogen-bond donors (Lipinski definition) is 3. The lowest BCUT2D eigenvalue weighted by atomic mass is 9.75. The molecule has 1 atom stereocenters. The van der Waals surface area contributed by atoms with Crippen LogP contribution in [0.5, 0.6) is 5.75 Å². The second kappa shape index (κ2) is 6.72. The summed E-state index contributed by atoms with van der Waals surface area (Å²) in [5.74, 6) is 1.11. The zero-order valence-corrected chi connectivity index (χ0v) is 15.0. The van der Waals surface area contributed by atoms with Crippen LogP contribution >= 0.6 is 0 Å². The van der Waals surface area contributed by atoms with Gasteiger partial charge in [0.05, 0.1) is 36.7 Å². The third-order valence-electron chi connectivity index (χ3n) is 5.40. The molecule has 2 aromatic rings. The number of H-pyrrole nitrogens is 1. The SMILES string of the molecule is COc1cncc([C@H](NC(=O)c2c(C3CC3)n[nH]c2C)C2CC(O)C2)c1. The Kier molecular flexibility index (Phi) is 4.40. The van der Waals surface area contributed by atoms with Gasteiger partial charge in [-0.1, -0.05) is 0 Å². The summed E-state index contributed by atoms with van der Waals surface area (Å²) in [5, 5.41) is 20.2. The number of aliphatic hydroxyl groups excluding tert-OH is 1. The Morgan fingerprint density at radius 1 is 1.38 bits per heavy atom. The number of carbonyl (C=O) groups excluding carboxylic acids is 1. The first kappa shape index (κ1) is 17.0. The van der Waals surface area contributed by atoms with Crippen molar-refractivity contribution in [3.05, 3.63) is 41.0 Å². The van der Waals surface area contributed by atoms with Crippen molar-refractivity contribution < 1.29 is 14.6 Å². The topological polar surface area (TPSA) is 100 Å². The predicted octanol–water partition coefficient (Wildman–Crippen LogP) is 2.24. The van der Waals surface area contributed by atoms with Crippen molar-refractivity contribution in [2.45, 2.75) is 50.7 Å². The summed E-state index contributed by atoms with van der Waals surface area (Å²) in [6.07, 6.45) is 6.61. The van der Waals surface area contributed by atoms with E-state index in [4.69, 9.17) is 4.74 Å². The zero-order valence-electron chi connectivity index (χ0n) is 15.0. The minimum Gasteiger partial charge on any atom is -0.495 e. The van der Waals surface area contributed by atoms with Gasteiger partial charge in [-0.25, -0.2) is 0 Å². The maximum absolute atomic E-state index is 13.1. The Morgan fingerprint density at radius 2 is 2.15 bits per heavy atom. The highest BCUT2D eigenvalue weighted by Gasteiger charge is 2.38. The summed E-state index contributed by atoms with van der Waals surface area (Å²) < 4.78 is 5.27. The van der Waals surface area contributed by atoms with Crippen molar-refractivity contribution in [1.82, 2.24) is 20.5 Å². The molecule has 0 aromatic carbocycles. The molecule has 138 valence electrons. The maximum atomic E-state index is 13.1. The molecule has 2 aliphatic carbocycles. The first-order valence-corrected chi connectivity index (χ1v) is 9.09. The molecular formula is C19H24N4O3. The van der Waals surface area contributed by atoms with Crippen molar-refractivity contribution in [3.8, 4) is 5.75 Å². The average molecular weight is 356 g/mol. The fourth-order valence-corrected chi connectivity index (χ4v) is 3.69. The summed E-state index contributed by atoms with van der Waals surface area (Å²) in [5.41, 5.74) is 3.22. The molecule has 0 aliphatic heterocycles. The van der Waals surface area contributed by atoms with E-state index in [0.29, 0.717) is 30.1 Å². The number of aromatic amines is 1. The van der Waals surface area contributed by atoms with Gasteiger partial charge >= 0.3 is 0 Å². The number of carbonyl (C=O) groups is 1. The number of pyridine rings is 1. The number of aliphatic hydroxyl groups is 1. The van der Waals surface area contributed by atoms with Crippen LogP contribution in [0.15, 0.2) is 18.5 Å². The van der Waals surface area contributed by atoms with Gasteiger partial charge in [0, 0.05) is 17.8 Å². The molecule has 26 heavy (non-hydrogen) atoms. The van der Waals surface area contributed by atoms with E-state index in [1.165, 1.54) is 0 Å². The lowest BCUT2D eigenvalue weighted by Crippen LogP contribution is -2.41. The third kappa shape index (κ3) is 3.19. The van der Waals surface area contributed by atoms with Crippen LogP contribution in [-0.2, 0) is 0 Å². The predicted molar refractivity (Wildman–Crippen MR) is 95.0 cm³/mol. The van der Waals surface area contributed by atoms with Crippen LogP contribution in [0.3, 0.4) is 0 Å². The fourth-order valence-electron chi connectivity index (χ4n) is 3.69. The zero-order chi connectivity index (χ0) is 18.3. The smallest absolute Gasteiger partial charge is 0.255 e. The van der Waals surface area contributed by atoms with E-state index in [9.17, 15) is 9.90 Å². The van der Waals surface area contributed by atoms with Crippen LogP contribution < -0.4 is 10.1 Å². The Bertz CT molecular complexity index is 809. The molecule has 2 saturated carbocycles. The fraction of sp³-hybridized carbons (Fsp3) is 0.526. The van der Waals surface area contributed by atoms with Crippen LogP contribution in [-0.4, -0.2) is 39.4 Å². The number of ether oxygens (including phenoxy) is 1. The number of nitrogens with zero attached hydrogens (tertiary/aromatic N) is 2. The van der Waals surface area contributed by atoms with Crippen molar-refractivity contribution in [2.75, 3.05) is 7.11 Å². The van der Waals surface area contributed by atoms with Crippen molar-refractivity contribution >= 4 is 5.91 Å². The molecule has 2 fully saturated rings. The highest BCUT2D eigenvalue weighted by atomic mass is 16.5. The van der Waals surface area contributed by atoms with E-state index in [1.807, 2.05) is 13.0 Å². The van der Waals surface area contributed by atoms with Gasteiger partial charge in [0.15, 0.2) is 0 Å². The van der Waals surface area contributed by atoms with E-state index < -0.39 is 0 Å². The number of aryl methyl sites for hydroxylation is 1. The first-order valence-electron chi connectivity index (χ1n) is 9.09. The molecule has 2 heterocycles. The number of nitrogens with one attached hydrogen (secondary N) is 2. The molecule has 1 amide bonds. The number of hydrogen-bond acceptors (Lipinski definition) is 5. The molecule has 3 N–H and O–H groups in total. The molecule has 0 radical (unpaired) electrons. The minimum atomic E-state index is -0.296. The minimum absolute atomic E-state index is 0.118. The highest BCUT2D eigenvalue weighted by molar-refractivity contribution is 5.97. The number of aromatic nitrogens is 3. The monoisotopic (exact) mass is 356 g/mol. The number of methoxy groups -OCH3 is 1. The first-order chi connectivity index (χ1) is 12.6. The summed E-state index contributed by atoms with van der Waals surface area (Å²) in [7, 11) is 1.60. The molecule has 7 heteroatoms. The van der Waals surface area contributed by atoms with Crippen LogP contribution in [0.4, 0.5) is 0 Å². The Labute approximate surface area is 152 Å². The lowest BCUT2D eigenvalue weighted by Gasteiger charge is -2.38. The number of amides is 1. The second-order valence-electron chi connectivity index (χ2n) is 7.38. The lowest BCUT2D eigenvalue weighted by molar-refractivity contribution is 0.0234. The van der Waals surface area contributed by atoms with Crippen LogP contribution in [0.1, 0.15) is 65.0 Å². The van der Waals surface area contributed by atoms with E-state index in [0.717, 1.165) is 29.8 Å². The van der Waals surface area contributed by atoms with E-state index in [-0.39, 0.29) is 24.0 Å². The van der Waals surface area contributed by atoms with E-state index in [1.54, 1.807) is 19.5 Å².